The Labute approximate surface area is 255 Å². The van der Waals surface area contributed by atoms with Crippen LogP contribution in [0.3, 0.4) is 0 Å². The van der Waals surface area contributed by atoms with E-state index in [4.69, 9.17) is 15.2 Å². The molecule has 0 aromatic heterocycles. The predicted molar refractivity (Wildman–Crippen MR) is 162 cm³/mol. The number of hydrogen-bond donors (Lipinski definition) is 3. The molecular weight excluding hydrogens is 560 g/mol. The largest absolute Gasteiger partial charge is 0.508 e. The van der Waals surface area contributed by atoms with Gasteiger partial charge in [0, 0.05) is 17.5 Å². The number of aliphatic hydroxyl groups is 2. The zero-order valence-electron chi connectivity index (χ0n) is 24.7. The van der Waals surface area contributed by atoms with Gasteiger partial charge in [0.1, 0.15) is 24.0 Å². The Hall–Kier alpha value is -4.31. The summed E-state index contributed by atoms with van der Waals surface area (Å²) in [6.07, 6.45) is -0.375. The summed E-state index contributed by atoms with van der Waals surface area (Å²) in [5, 5.41) is 23.9. The van der Waals surface area contributed by atoms with Crippen molar-refractivity contribution in [3.8, 4) is 5.75 Å². The number of aliphatic hydroxyl groups excluding tert-OH is 1. The Bertz CT molecular complexity index is 1620. The van der Waals surface area contributed by atoms with Gasteiger partial charge in [-0.25, -0.2) is 0 Å². The number of primary amides is 1. The molecule has 6 rings (SSSR count). The van der Waals surface area contributed by atoms with Crippen LogP contribution in [0, 0.1) is 17.8 Å². The van der Waals surface area contributed by atoms with E-state index >= 15 is 0 Å². The third-order valence-corrected chi connectivity index (χ3v) is 9.31. The summed E-state index contributed by atoms with van der Waals surface area (Å²) in [6.45, 7) is 0.352. The smallest absolute Gasteiger partial charge is 0.230 e. The molecule has 9 nitrogen and oxygen atoms in total. The molecular formula is C35H36N2O7. The number of carbonyl (C=O) groups excluding carboxylic acids is 3. The fourth-order valence-electron chi connectivity index (χ4n) is 7.31. The Balaban J connectivity index is 1.39. The first kappa shape index (κ1) is 29.7. The van der Waals surface area contributed by atoms with E-state index in [2.05, 4.69) is 0 Å². The van der Waals surface area contributed by atoms with E-state index in [1.165, 1.54) is 0 Å². The quantitative estimate of drug-likeness (QED) is 0.337. The molecule has 0 spiro atoms. The number of hydrogen-bond acceptors (Lipinski definition) is 8. The van der Waals surface area contributed by atoms with Gasteiger partial charge < -0.3 is 30.3 Å². The molecule has 2 unspecified atom stereocenters. The molecule has 0 radical (unpaired) electrons. The van der Waals surface area contributed by atoms with Crippen LogP contribution in [0.1, 0.15) is 33.5 Å². The standard InChI is InChI=1S/C35H36N2O7/c1-37(2)29-24-17-23-16-22-14-9-15-25(43-18-20-10-5-3-6-11-20)26(22)30(38)27(23)32(39)35(24,42)33(40)28(34(36)41)31(29)44-19-21-12-7-4-8-13-21/h3-15,23-24,28-29,31,39,42H,16-19H2,1-2H3,(H2,36,41)/t23-,24-,28?,29-,31?,35-/m0/s1. The van der Waals surface area contributed by atoms with Gasteiger partial charge in [-0.15, -0.1) is 0 Å². The van der Waals surface area contributed by atoms with Crippen LogP contribution < -0.4 is 10.5 Å². The maximum atomic E-state index is 14.1. The van der Waals surface area contributed by atoms with Crippen molar-refractivity contribution in [1.29, 1.82) is 0 Å². The van der Waals surface area contributed by atoms with Crippen LogP contribution in [0.2, 0.25) is 0 Å². The number of carbonyl (C=O) groups is 3. The molecule has 0 heterocycles. The molecule has 0 bridgehead atoms. The predicted octanol–water partition coefficient (Wildman–Crippen LogP) is 3.38. The molecule has 4 N–H and O–H groups in total. The van der Waals surface area contributed by atoms with Crippen molar-refractivity contribution >= 4 is 17.5 Å². The minimum Gasteiger partial charge on any atom is -0.508 e. The Morgan fingerprint density at radius 3 is 2.20 bits per heavy atom. The van der Waals surface area contributed by atoms with Crippen molar-refractivity contribution in [1.82, 2.24) is 4.90 Å². The van der Waals surface area contributed by atoms with Crippen LogP contribution in [0.15, 0.2) is 90.2 Å². The van der Waals surface area contributed by atoms with E-state index in [0.717, 1.165) is 16.7 Å². The van der Waals surface area contributed by atoms with Crippen molar-refractivity contribution in [3.63, 3.8) is 0 Å². The molecule has 6 atom stereocenters. The summed E-state index contributed by atoms with van der Waals surface area (Å²) in [6, 6.07) is 23.6. The Morgan fingerprint density at radius 1 is 0.955 bits per heavy atom. The summed E-state index contributed by atoms with van der Waals surface area (Å²) in [5.74, 6) is -5.68. The molecule has 0 saturated heterocycles. The fraction of sp³-hybridized carbons (Fsp3) is 0.343. The second-order valence-corrected chi connectivity index (χ2v) is 12.1. The molecule has 1 saturated carbocycles. The molecule has 3 aliphatic rings. The van der Waals surface area contributed by atoms with E-state index < -0.39 is 58.7 Å². The number of amides is 1. The van der Waals surface area contributed by atoms with Crippen LogP contribution in [0.4, 0.5) is 0 Å². The average molecular weight is 597 g/mol. The van der Waals surface area contributed by atoms with Crippen molar-refractivity contribution < 1.29 is 34.1 Å². The molecule has 3 aliphatic carbocycles. The second-order valence-electron chi connectivity index (χ2n) is 12.1. The highest BCUT2D eigenvalue weighted by Crippen LogP contribution is 2.53. The first-order valence-corrected chi connectivity index (χ1v) is 14.8. The van der Waals surface area contributed by atoms with Crippen LogP contribution in [-0.2, 0) is 34.0 Å². The lowest BCUT2D eigenvalue weighted by molar-refractivity contribution is -0.186. The van der Waals surface area contributed by atoms with Gasteiger partial charge in [0.25, 0.3) is 0 Å². The first-order chi connectivity index (χ1) is 21.1. The lowest BCUT2D eigenvalue weighted by atomic mass is 9.56. The number of fused-ring (bicyclic) bond motifs is 3. The lowest BCUT2D eigenvalue weighted by Crippen LogP contribution is -2.71. The Kier molecular flexibility index (Phi) is 7.88. The highest BCUT2D eigenvalue weighted by molar-refractivity contribution is 6.15. The summed E-state index contributed by atoms with van der Waals surface area (Å²) in [4.78, 5) is 42.8. The molecule has 0 aliphatic heterocycles. The number of likely N-dealkylation sites (N-methyl/N-ethyl adjacent to an activating group) is 1. The zero-order valence-corrected chi connectivity index (χ0v) is 24.7. The number of ketones is 2. The van der Waals surface area contributed by atoms with Gasteiger partial charge in [0.2, 0.25) is 5.91 Å². The van der Waals surface area contributed by atoms with Gasteiger partial charge in [-0.2, -0.15) is 0 Å². The van der Waals surface area contributed by atoms with Crippen LogP contribution in [0.25, 0.3) is 0 Å². The third-order valence-electron chi connectivity index (χ3n) is 9.31. The molecule has 1 amide bonds. The highest BCUT2D eigenvalue weighted by Gasteiger charge is 2.66. The minimum absolute atomic E-state index is 0.0234. The maximum Gasteiger partial charge on any atom is 0.230 e. The van der Waals surface area contributed by atoms with Crippen LogP contribution in [0.5, 0.6) is 5.75 Å². The topological polar surface area (TPSA) is 139 Å². The Morgan fingerprint density at radius 2 is 1.59 bits per heavy atom. The first-order valence-electron chi connectivity index (χ1n) is 14.8. The molecule has 228 valence electrons. The highest BCUT2D eigenvalue weighted by atomic mass is 16.5. The number of nitrogens with zero attached hydrogens (tertiary/aromatic N) is 1. The minimum atomic E-state index is -2.50. The van der Waals surface area contributed by atoms with E-state index in [1.54, 1.807) is 25.1 Å². The number of rotatable bonds is 8. The second kappa shape index (κ2) is 11.6. The normalized spacial score (nSPS) is 27.9. The monoisotopic (exact) mass is 596 g/mol. The zero-order chi connectivity index (χ0) is 31.2. The number of nitrogens with two attached hydrogens (primary N) is 1. The van der Waals surface area contributed by atoms with Crippen molar-refractivity contribution in [3.05, 3.63) is 112 Å². The van der Waals surface area contributed by atoms with E-state index in [-0.39, 0.29) is 25.2 Å². The summed E-state index contributed by atoms with van der Waals surface area (Å²) >= 11 is 0. The molecule has 3 aromatic carbocycles. The molecule has 1 fully saturated rings. The maximum absolute atomic E-state index is 14.1. The van der Waals surface area contributed by atoms with Crippen LogP contribution >= 0.6 is 0 Å². The average Bonchev–Trinajstić information content (AvgIpc) is 3.01. The summed E-state index contributed by atoms with van der Waals surface area (Å²) in [7, 11) is 3.54. The van der Waals surface area contributed by atoms with Crippen molar-refractivity contribution in [2.75, 3.05) is 14.1 Å². The molecule has 3 aromatic rings. The SMILES string of the molecule is CN(C)[C@@H]1C(OCc2ccccc2)C(C(N)=O)C(=O)[C@@]2(O)C(O)=C3C(=O)c4c(cccc4OCc4ccccc4)C[C@H]3C[C@@H]12. The fourth-order valence-corrected chi connectivity index (χ4v) is 7.31. The van der Waals surface area contributed by atoms with Gasteiger partial charge in [0.05, 0.1) is 18.3 Å². The lowest BCUT2D eigenvalue weighted by Gasteiger charge is -2.54. The van der Waals surface area contributed by atoms with Crippen molar-refractivity contribution in [2.24, 2.45) is 23.5 Å². The number of ether oxygens (including phenoxy) is 2. The van der Waals surface area contributed by atoms with E-state index in [0.29, 0.717) is 17.7 Å². The summed E-state index contributed by atoms with van der Waals surface area (Å²) in [5.41, 5.74) is 6.09. The van der Waals surface area contributed by atoms with Gasteiger partial charge in [0.15, 0.2) is 17.2 Å². The third kappa shape index (κ3) is 4.91. The van der Waals surface area contributed by atoms with E-state index in [9.17, 15) is 24.6 Å². The van der Waals surface area contributed by atoms with Gasteiger partial charge >= 0.3 is 0 Å². The van der Waals surface area contributed by atoms with Crippen molar-refractivity contribution in [2.45, 2.75) is 43.8 Å². The summed E-state index contributed by atoms with van der Waals surface area (Å²) < 4.78 is 12.3. The molecule has 9 heteroatoms. The number of allylic oxidation sites excluding steroid dienone is 1. The molecule has 44 heavy (non-hydrogen) atoms. The van der Waals surface area contributed by atoms with Gasteiger partial charge in [-0.05, 0) is 55.6 Å². The van der Waals surface area contributed by atoms with E-state index in [1.807, 2.05) is 72.8 Å². The van der Waals surface area contributed by atoms with Gasteiger partial charge in [-0.1, -0.05) is 72.8 Å². The number of Topliss-reactive ketones (excluding diaryl/α,β-unsaturated/α-hetero) is 2. The van der Waals surface area contributed by atoms with Gasteiger partial charge in [-0.3, -0.25) is 14.4 Å². The number of benzene rings is 3. The van der Waals surface area contributed by atoms with Crippen LogP contribution in [-0.4, -0.2) is 64.4 Å².